The number of benzene rings is 1. The lowest BCUT2D eigenvalue weighted by molar-refractivity contribution is 0.106. The van der Waals surface area contributed by atoms with Crippen LogP contribution in [0.4, 0.5) is 0 Å². The molecule has 0 bridgehead atoms. The molecule has 18 heavy (non-hydrogen) atoms. The van der Waals surface area contributed by atoms with Crippen LogP contribution in [0.25, 0.3) is 0 Å². The minimum atomic E-state index is 0.384. The Labute approximate surface area is 117 Å². The van der Waals surface area contributed by atoms with Gasteiger partial charge in [-0.05, 0) is 49.8 Å². The molecular formula is C15H20BrNO. The molecule has 3 heteroatoms. The average molecular weight is 310 g/mol. The summed E-state index contributed by atoms with van der Waals surface area (Å²) in [7, 11) is 0. The summed E-state index contributed by atoms with van der Waals surface area (Å²) in [6, 6.07) is 9.97. The van der Waals surface area contributed by atoms with Gasteiger partial charge in [0, 0.05) is 23.2 Å². The van der Waals surface area contributed by atoms with Gasteiger partial charge in [-0.3, -0.25) is 0 Å². The lowest BCUT2D eigenvalue weighted by Gasteiger charge is -2.38. The van der Waals surface area contributed by atoms with Crippen LogP contribution in [0.1, 0.15) is 37.7 Å². The molecule has 0 aromatic heterocycles. The summed E-state index contributed by atoms with van der Waals surface area (Å²) in [6.07, 6.45) is 4.08. The normalized spacial score (nSPS) is 35.4. The first-order chi connectivity index (χ1) is 8.72. The molecule has 2 atom stereocenters. The molecule has 1 aromatic carbocycles. The van der Waals surface area contributed by atoms with Crippen molar-refractivity contribution in [1.82, 2.24) is 5.32 Å². The van der Waals surface area contributed by atoms with Crippen LogP contribution >= 0.6 is 15.9 Å². The fourth-order valence-electron chi connectivity index (χ4n) is 3.04. The van der Waals surface area contributed by atoms with Crippen LogP contribution in [-0.4, -0.2) is 24.8 Å². The van der Waals surface area contributed by atoms with Crippen molar-refractivity contribution in [1.29, 1.82) is 0 Å². The van der Waals surface area contributed by atoms with Crippen molar-refractivity contribution >= 4 is 15.9 Å². The molecule has 2 nitrogen and oxygen atoms in total. The van der Waals surface area contributed by atoms with Crippen LogP contribution in [0.5, 0.6) is 0 Å². The molecule has 1 saturated carbocycles. The molecule has 2 aliphatic rings. The smallest absolute Gasteiger partial charge is 0.0700 e. The Bertz CT molecular complexity index is 417. The van der Waals surface area contributed by atoms with Crippen LogP contribution in [0.15, 0.2) is 28.7 Å². The van der Waals surface area contributed by atoms with E-state index < -0.39 is 0 Å². The lowest BCUT2D eigenvalue weighted by atomic mass is 9.75. The molecule has 1 aromatic rings. The van der Waals surface area contributed by atoms with Gasteiger partial charge in [-0.15, -0.1) is 0 Å². The highest BCUT2D eigenvalue weighted by Crippen LogP contribution is 2.38. The van der Waals surface area contributed by atoms with Crippen molar-refractivity contribution in [2.24, 2.45) is 0 Å². The zero-order chi connectivity index (χ0) is 12.5. The lowest BCUT2D eigenvalue weighted by Crippen LogP contribution is -2.47. The Morgan fingerprint density at radius 1 is 1.33 bits per heavy atom. The number of hydrogen-bond donors (Lipinski definition) is 1. The molecule has 1 saturated heterocycles. The van der Waals surface area contributed by atoms with Gasteiger partial charge in [0.05, 0.1) is 6.10 Å². The second-order valence-electron chi connectivity index (χ2n) is 5.56. The van der Waals surface area contributed by atoms with Gasteiger partial charge in [0.15, 0.2) is 0 Å². The highest BCUT2D eigenvalue weighted by atomic mass is 79.9. The van der Waals surface area contributed by atoms with Crippen LogP contribution in [0, 0.1) is 0 Å². The Hall–Kier alpha value is -0.380. The molecule has 1 heterocycles. The summed E-state index contributed by atoms with van der Waals surface area (Å²) >= 11 is 3.55. The summed E-state index contributed by atoms with van der Waals surface area (Å²) in [5.41, 5.74) is 1.47. The third-order valence-corrected chi connectivity index (χ3v) is 4.78. The molecular weight excluding hydrogens is 290 g/mol. The van der Waals surface area contributed by atoms with Gasteiger partial charge < -0.3 is 10.1 Å². The number of rotatable bonds is 3. The maximum Gasteiger partial charge on any atom is 0.0700 e. The van der Waals surface area contributed by atoms with Crippen LogP contribution in [0.2, 0.25) is 0 Å². The molecule has 2 unspecified atom stereocenters. The quantitative estimate of drug-likeness (QED) is 0.923. The molecule has 0 amide bonds. The highest BCUT2D eigenvalue weighted by Gasteiger charge is 2.34. The molecule has 1 aliphatic carbocycles. The van der Waals surface area contributed by atoms with Crippen LogP contribution < -0.4 is 5.32 Å². The van der Waals surface area contributed by atoms with Gasteiger partial charge in [0.1, 0.15) is 0 Å². The minimum Gasteiger partial charge on any atom is -0.377 e. The van der Waals surface area contributed by atoms with Crippen molar-refractivity contribution < 1.29 is 4.74 Å². The molecule has 1 aliphatic heterocycles. The Morgan fingerprint density at radius 3 is 2.83 bits per heavy atom. The van der Waals surface area contributed by atoms with Gasteiger partial charge in [-0.25, -0.2) is 0 Å². The predicted octanol–water partition coefficient (Wildman–Crippen LogP) is 3.46. The van der Waals surface area contributed by atoms with E-state index >= 15 is 0 Å². The molecule has 1 N–H and O–H groups in total. The van der Waals surface area contributed by atoms with E-state index in [2.05, 4.69) is 52.4 Å². The van der Waals surface area contributed by atoms with E-state index in [0.717, 1.165) is 12.5 Å². The summed E-state index contributed by atoms with van der Waals surface area (Å²) in [6.45, 7) is 3.09. The molecule has 0 spiro atoms. The third kappa shape index (κ3) is 2.63. The van der Waals surface area contributed by atoms with E-state index in [1.54, 1.807) is 0 Å². The van der Waals surface area contributed by atoms with E-state index in [1.807, 2.05) is 0 Å². The van der Waals surface area contributed by atoms with Gasteiger partial charge in [0.25, 0.3) is 0 Å². The topological polar surface area (TPSA) is 21.3 Å². The number of hydrogen-bond acceptors (Lipinski definition) is 2. The van der Waals surface area contributed by atoms with E-state index in [4.69, 9.17) is 4.74 Å². The van der Waals surface area contributed by atoms with Crippen molar-refractivity contribution in [2.75, 3.05) is 6.61 Å². The van der Waals surface area contributed by atoms with Gasteiger partial charge in [-0.1, -0.05) is 28.1 Å². The standard InChI is InChI=1S/C15H20BrNO/c1-10-15(5-6-18-10)17-14-8-12(9-14)11-3-2-4-13(16)7-11/h2-4,7,10,12,14-15,17H,5-6,8-9H2,1H3. The Morgan fingerprint density at radius 2 is 2.17 bits per heavy atom. The van der Waals surface area contributed by atoms with Gasteiger partial charge in [-0.2, -0.15) is 0 Å². The second kappa shape index (κ2) is 5.32. The Balaban J connectivity index is 1.51. The fraction of sp³-hybridized carbons (Fsp3) is 0.600. The fourth-order valence-corrected chi connectivity index (χ4v) is 3.46. The number of halogens is 1. The minimum absolute atomic E-state index is 0.384. The predicted molar refractivity (Wildman–Crippen MR) is 76.9 cm³/mol. The second-order valence-corrected chi connectivity index (χ2v) is 6.47. The summed E-state index contributed by atoms with van der Waals surface area (Å²) in [4.78, 5) is 0. The zero-order valence-electron chi connectivity index (χ0n) is 10.7. The van der Waals surface area contributed by atoms with Crippen molar-refractivity contribution in [3.8, 4) is 0 Å². The van der Waals surface area contributed by atoms with Crippen molar-refractivity contribution in [3.05, 3.63) is 34.3 Å². The van der Waals surface area contributed by atoms with E-state index in [9.17, 15) is 0 Å². The van der Waals surface area contributed by atoms with Crippen LogP contribution in [0.3, 0.4) is 0 Å². The van der Waals surface area contributed by atoms with Crippen molar-refractivity contribution in [3.63, 3.8) is 0 Å². The molecule has 98 valence electrons. The number of ether oxygens (including phenoxy) is 1. The maximum atomic E-state index is 5.59. The van der Waals surface area contributed by atoms with Gasteiger partial charge in [0.2, 0.25) is 0 Å². The third-order valence-electron chi connectivity index (χ3n) is 4.28. The molecule has 2 fully saturated rings. The first kappa shape index (κ1) is 12.6. The Kier molecular flexibility index (Phi) is 3.73. The summed E-state index contributed by atoms with van der Waals surface area (Å²) in [5.74, 6) is 0.734. The van der Waals surface area contributed by atoms with Gasteiger partial charge >= 0.3 is 0 Å². The monoisotopic (exact) mass is 309 g/mol. The molecule has 3 rings (SSSR count). The largest absolute Gasteiger partial charge is 0.377 e. The van der Waals surface area contributed by atoms with E-state index in [0.29, 0.717) is 18.2 Å². The van der Waals surface area contributed by atoms with E-state index in [-0.39, 0.29) is 0 Å². The first-order valence-corrected chi connectivity index (χ1v) is 7.65. The molecule has 0 radical (unpaired) electrons. The maximum absolute atomic E-state index is 5.59. The van der Waals surface area contributed by atoms with Crippen molar-refractivity contribution in [2.45, 2.75) is 50.3 Å². The first-order valence-electron chi connectivity index (χ1n) is 6.85. The van der Waals surface area contributed by atoms with E-state index in [1.165, 1.54) is 29.3 Å². The SMILES string of the molecule is CC1OCCC1NC1CC(c2cccc(Br)c2)C1. The highest BCUT2D eigenvalue weighted by molar-refractivity contribution is 9.10. The van der Waals surface area contributed by atoms with Crippen LogP contribution in [-0.2, 0) is 4.74 Å². The summed E-state index contributed by atoms with van der Waals surface area (Å²) in [5, 5.41) is 3.74. The average Bonchev–Trinajstić information content (AvgIpc) is 2.69. The zero-order valence-corrected chi connectivity index (χ0v) is 12.3. The summed E-state index contributed by atoms with van der Waals surface area (Å²) < 4.78 is 6.78. The number of nitrogens with one attached hydrogen (secondary N) is 1.